The fourth-order valence-electron chi connectivity index (χ4n) is 2.40. The van der Waals surface area contributed by atoms with Gasteiger partial charge in [0, 0.05) is 5.69 Å². The molecule has 26 heavy (non-hydrogen) atoms. The van der Waals surface area contributed by atoms with Crippen LogP contribution in [0.3, 0.4) is 0 Å². The lowest BCUT2D eigenvalue weighted by atomic mass is 10.2. The molecule has 132 valence electrons. The zero-order valence-corrected chi connectivity index (χ0v) is 15.6. The summed E-state index contributed by atoms with van der Waals surface area (Å²) in [5, 5.41) is 12.1. The minimum Gasteiger partial charge on any atom is -0.508 e. The van der Waals surface area contributed by atoms with E-state index in [1.54, 1.807) is 30.3 Å². The summed E-state index contributed by atoms with van der Waals surface area (Å²) in [7, 11) is 0. The van der Waals surface area contributed by atoms with Gasteiger partial charge in [0.1, 0.15) is 16.6 Å². The van der Waals surface area contributed by atoms with Crippen molar-refractivity contribution in [2.24, 2.45) is 0 Å². The third-order valence-electron chi connectivity index (χ3n) is 3.79. The van der Waals surface area contributed by atoms with Crippen molar-refractivity contribution in [1.29, 1.82) is 0 Å². The van der Waals surface area contributed by atoms with Crippen LogP contribution in [0.5, 0.6) is 5.75 Å². The number of anilines is 1. The number of nitrogens with one attached hydrogen (secondary N) is 1. The first-order valence-electron chi connectivity index (χ1n) is 7.84. The second-order valence-corrected chi connectivity index (χ2v) is 7.40. The van der Waals surface area contributed by atoms with Crippen LogP contribution < -0.4 is 5.32 Å². The largest absolute Gasteiger partial charge is 0.508 e. The van der Waals surface area contributed by atoms with Gasteiger partial charge in [-0.15, -0.1) is 0 Å². The van der Waals surface area contributed by atoms with Crippen molar-refractivity contribution in [2.45, 2.75) is 6.92 Å². The van der Waals surface area contributed by atoms with E-state index in [9.17, 15) is 14.7 Å². The van der Waals surface area contributed by atoms with Crippen molar-refractivity contribution in [3.05, 3.63) is 64.6 Å². The van der Waals surface area contributed by atoms with E-state index in [1.807, 2.05) is 31.2 Å². The molecule has 1 heterocycles. The first-order valence-corrected chi connectivity index (χ1v) is 9.06. The fraction of sp³-hybridized carbons (Fsp3) is 0.105. The highest BCUT2D eigenvalue weighted by atomic mass is 32.2. The second kappa shape index (κ2) is 7.72. The van der Waals surface area contributed by atoms with E-state index in [1.165, 1.54) is 4.90 Å². The maximum atomic E-state index is 12.6. The Balaban J connectivity index is 1.70. The number of benzene rings is 2. The van der Waals surface area contributed by atoms with Crippen LogP contribution in [-0.4, -0.2) is 32.7 Å². The molecule has 0 spiro atoms. The van der Waals surface area contributed by atoms with Crippen LogP contribution in [0.25, 0.3) is 6.08 Å². The van der Waals surface area contributed by atoms with E-state index in [4.69, 9.17) is 12.2 Å². The number of carbonyl (C=O) groups excluding carboxylic acids is 2. The average Bonchev–Trinajstić information content (AvgIpc) is 2.86. The van der Waals surface area contributed by atoms with Crippen LogP contribution in [0.4, 0.5) is 5.69 Å². The number of aryl methyl sites for hydroxylation is 1. The number of carbonyl (C=O) groups is 2. The highest BCUT2D eigenvalue weighted by Gasteiger charge is 2.33. The first-order chi connectivity index (χ1) is 12.4. The number of phenolic OH excluding ortho intramolecular Hbond substituents is 1. The van der Waals surface area contributed by atoms with Gasteiger partial charge in [0.05, 0.1) is 4.91 Å². The van der Waals surface area contributed by atoms with Gasteiger partial charge in [-0.1, -0.05) is 54.3 Å². The van der Waals surface area contributed by atoms with E-state index >= 15 is 0 Å². The summed E-state index contributed by atoms with van der Waals surface area (Å²) in [6, 6.07) is 13.9. The van der Waals surface area contributed by atoms with Crippen LogP contribution in [0.2, 0.25) is 0 Å². The molecule has 0 aromatic heterocycles. The molecule has 1 saturated heterocycles. The maximum absolute atomic E-state index is 12.6. The summed E-state index contributed by atoms with van der Waals surface area (Å²) in [6.45, 7) is 1.77. The first kappa shape index (κ1) is 18.2. The zero-order valence-electron chi connectivity index (χ0n) is 13.9. The van der Waals surface area contributed by atoms with E-state index < -0.39 is 0 Å². The summed E-state index contributed by atoms with van der Waals surface area (Å²) in [5.41, 5.74) is 2.42. The summed E-state index contributed by atoms with van der Waals surface area (Å²) >= 11 is 6.41. The van der Waals surface area contributed by atoms with Crippen molar-refractivity contribution in [2.75, 3.05) is 11.9 Å². The Labute approximate surface area is 160 Å². The van der Waals surface area contributed by atoms with Gasteiger partial charge in [-0.2, -0.15) is 0 Å². The molecule has 2 aromatic rings. The summed E-state index contributed by atoms with van der Waals surface area (Å²) in [4.78, 5) is 26.6. The number of phenols is 1. The van der Waals surface area contributed by atoms with Gasteiger partial charge in [0.2, 0.25) is 5.91 Å². The Hall–Kier alpha value is -2.64. The van der Waals surface area contributed by atoms with Crippen LogP contribution in [-0.2, 0) is 9.59 Å². The molecule has 7 heteroatoms. The van der Waals surface area contributed by atoms with E-state index in [0.717, 1.165) is 22.9 Å². The molecule has 2 aromatic carbocycles. The Bertz CT molecular complexity index is 907. The number of para-hydroxylation sites is 1. The molecule has 2 amide bonds. The quantitative estimate of drug-likeness (QED) is 0.623. The summed E-state index contributed by atoms with van der Waals surface area (Å²) in [5.74, 6) is -0.447. The monoisotopic (exact) mass is 384 g/mol. The Morgan fingerprint density at radius 1 is 1.23 bits per heavy atom. The van der Waals surface area contributed by atoms with E-state index in [-0.39, 0.29) is 24.1 Å². The Morgan fingerprint density at radius 2 is 1.92 bits per heavy atom. The number of hydrogen-bond donors (Lipinski definition) is 2. The zero-order chi connectivity index (χ0) is 18.7. The van der Waals surface area contributed by atoms with Gasteiger partial charge < -0.3 is 10.4 Å². The number of aromatic hydroxyl groups is 1. The van der Waals surface area contributed by atoms with E-state index in [2.05, 4.69) is 5.32 Å². The molecule has 1 fully saturated rings. The number of rotatable bonds is 4. The normalized spacial score (nSPS) is 15.6. The van der Waals surface area contributed by atoms with Crippen molar-refractivity contribution in [1.82, 2.24) is 4.90 Å². The minimum absolute atomic E-state index is 0.133. The molecule has 3 rings (SSSR count). The highest BCUT2D eigenvalue weighted by molar-refractivity contribution is 8.26. The Kier molecular flexibility index (Phi) is 5.39. The van der Waals surface area contributed by atoms with Crippen molar-refractivity contribution >= 4 is 51.9 Å². The molecule has 0 unspecified atom stereocenters. The average molecular weight is 384 g/mol. The molecule has 1 aliphatic rings. The maximum Gasteiger partial charge on any atom is 0.266 e. The molecular formula is C19H16N2O3S2. The Morgan fingerprint density at radius 3 is 2.62 bits per heavy atom. The van der Waals surface area contributed by atoms with Gasteiger partial charge in [-0.3, -0.25) is 14.5 Å². The molecule has 5 nitrogen and oxygen atoms in total. The predicted molar refractivity (Wildman–Crippen MR) is 108 cm³/mol. The molecule has 0 aliphatic carbocycles. The highest BCUT2D eigenvalue weighted by Crippen LogP contribution is 2.32. The lowest BCUT2D eigenvalue weighted by Crippen LogP contribution is -2.36. The fourth-order valence-corrected chi connectivity index (χ4v) is 3.66. The van der Waals surface area contributed by atoms with Gasteiger partial charge in [-0.25, -0.2) is 0 Å². The number of hydrogen-bond acceptors (Lipinski definition) is 5. The summed E-state index contributed by atoms with van der Waals surface area (Å²) < 4.78 is 0.347. The molecule has 0 atom stereocenters. The summed E-state index contributed by atoms with van der Waals surface area (Å²) in [6.07, 6.45) is 1.69. The molecule has 0 saturated carbocycles. The smallest absolute Gasteiger partial charge is 0.266 e. The number of thiocarbonyl (C=S) groups is 1. The standard InChI is InChI=1S/C19H16N2O3S2/c1-12-4-2-3-5-15(12)20-17(23)11-21-18(24)16(26-19(21)25)10-13-6-8-14(22)9-7-13/h2-10,22H,11H2,1H3,(H,20,23)/b16-10-. The third-order valence-corrected chi connectivity index (χ3v) is 5.16. The van der Waals surface area contributed by atoms with Gasteiger partial charge >= 0.3 is 0 Å². The van der Waals surface area contributed by atoms with Crippen molar-refractivity contribution < 1.29 is 14.7 Å². The molecule has 2 N–H and O–H groups in total. The van der Waals surface area contributed by atoms with Gasteiger partial charge in [0.25, 0.3) is 5.91 Å². The van der Waals surface area contributed by atoms with Crippen LogP contribution in [0, 0.1) is 6.92 Å². The topological polar surface area (TPSA) is 69.6 Å². The SMILES string of the molecule is Cc1ccccc1NC(=O)CN1C(=O)/C(=C/c2ccc(O)cc2)SC1=S. The van der Waals surface area contributed by atoms with Crippen LogP contribution in [0.1, 0.15) is 11.1 Å². The van der Waals surface area contributed by atoms with E-state index in [0.29, 0.717) is 14.9 Å². The second-order valence-electron chi connectivity index (χ2n) is 5.72. The predicted octanol–water partition coefficient (Wildman–Crippen LogP) is 3.54. The van der Waals surface area contributed by atoms with Crippen molar-refractivity contribution in [3.63, 3.8) is 0 Å². The number of amides is 2. The molecule has 0 bridgehead atoms. The van der Waals surface area contributed by atoms with Crippen LogP contribution in [0.15, 0.2) is 53.4 Å². The molecule has 1 aliphatic heterocycles. The third kappa shape index (κ3) is 4.12. The van der Waals surface area contributed by atoms with Crippen LogP contribution >= 0.6 is 24.0 Å². The van der Waals surface area contributed by atoms with Gasteiger partial charge in [-0.05, 0) is 42.3 Å². The van der Waals surface area contributed by atoms with Crippen molar-refractivity contribution in [3.8, 4) is 5.75 Å². The lowest BCUT2D eigenvalue weighted by molar-refractivity contribution is -0.126. The van der Waals surface area contributed by atoms with Gasteiger partial charge in [0.15, 0.2) is 0 Å². The number of thioether (sulfide) groups is 1. The lowest BCUT2D eigenvalue weighted by Gasteiger charge is -2.15. The number of nitrogens with zero attached hydrogens (tertiary/aromatic N) is 1. The molecule has 0 radical (unpaired) electrons. The minimum atomic E-state index is -0.304. The molecular weight excluding hydrogens is 368 g/mol.